The molecular weight excluding hydrogens is 250 g/mol. The van der Waals surface area contributed by atoms with E-state index in [1.807, 2.05) is 6.92 Å². The Bertz CT molecular complexity index is 586. The molecule has 0 aliphatic heterocycles. The fourth-order valence-electron chi connectivity index (χ4n) is 1.50. The van der Waals surface area contributed by atoms with Crippen LogP contribution in [-0.4, -0.2) is 28.3 Å². The number of carbonyl (C=O) groups is 2. The zero-order valence-corrected chi connectivity index (χ0v) is 10.5. The van der Waals surface area contributed by atoms with E-state index in [4.69, 9.17) is 9.15 Å². The first-order chi connectivity index (χ1) is 9.06. The molecule has 0 aliphatic carbocycles. The molecule has 1 amide bonds. The first-order valence-corrected chi connectivity index (χ1v) is 5.57. The molecule has 0 radical (unpaired) electrons. The van der Waals surface area contributed by atoms with Crippen molar-refractivity contribution in [2.75, 3.05) is 11.9 Å². The predicted molar refractivity (Wildman–Crippen MR) is 65.6 cm³/mol. The molecule has 19 heavy (non-hydrogen) atoms. The third kappa shape index (κ3) is 3.21. The van der Waals surface area contributed by atoms with Gasteiger partial charge in [0.1, 0.15) is 5.82 Å². The van der Waals surface area contributed by atoms with E-state index in [9.17, 15) is 9.59 Å². The summed E-state index contributed by atoms with van der Waals surface area (Å²) in [5.41, 5.74) is 0.783. The summed E-state index contributed by atoms with van der Waals surface area (Å²) in [4.78, 5) is 23.0. The maximum Gasteiger partial charge on any atom is 0.374 e. The lowest BCUT2D eigenvalue weighted by atomic mass is 10.4. The monoisotopic (exact) mass is 263 g/mol. The number of nitrogens with zero attached hydrogens (tertiary/aromatic N) is 2. The molecule has 2 rings (SSSR count). The van der Waals surface area contributed by atoms with Crippen LogP contribution in [0.2, 0.25) is 0 Å². The van der Waals surface area contributed by atoms with Crippen LogP contribution in [0.15, 0.2) is 28.9 Å². The molecule has 2 heterocycles. The Labute approximate surface area is 109 Å². The SMILES string of the molecule is Cc1cc(NC(=O)COC(=O)c2ccco2)n(C)n1. The van der Waals surface area contributed by atoms with Crippen LogP contribution in [0.1, 0.15) is 16.2 Å². The second-order valence-electron chi connectivity index (χ2n) is 3.90. The molecule has 2 aromatic rings. The van der Waals surface area contributed by atoms with Crippen LogP contribution in [0, 0.1) is 6.92 Å². The normalized spacial score (nSPS) is 10.2. The lowest BCUT2D eigenvalue weighted by molar-refractivity contribution is -0.119. The van der Waals surface area contributed by atoms with E-state index < -0.39 is 11.9 Å². The van der Waals surface area contributed by atoms with Crippen LogP contribution in [0.25, 0.3) is 0 Å². The second kappa shape index (κ2) is 5.38. The van der Waals surface area contributed by atoms with Crippen LogP contribution >= 0.6 is 0 Å². The third-order valence-electron chi connectivity index (χ3n) is 2.33. The van der Waals surface area contributed by atoms with E-state index >= 15 is 0 Å². The molecule has 0 spiro atoms. The van der Waals surface area contributed by atoms with Crippen LogP contribution < -0.4 is 5.32 Å². The number of carbonyl (C=O) groups excluding carboxylic acids is 2. The zero-order valence-electron chi connectivity index (χ0n) is 10.5. The van der Waals surface area contributed by atoms with Crippen molar-refractivity contribution in [2.45, 2.75) is 6.92 Å². The second-order valence-corrected chi connectivity index (χ2v) is 3.90. The topological polar surface area (TPSA) is 86.4 Å². The summed E-state index contributed by atoms with van der Waals surface area (Å²) >= 11 is 0. The zero-order chi connectivity index (χ0) is 13.8. The van der Waals surface area contributed by atoms with Gasteiger partial charge in [-0.05, 0) is 19.1 Å². The van der Waals surface area contributed by atoms with Crippen LogP contribution in [0.4, 0.5) is 5.82 Å². The lowest BCUT2D eigenvalue weighted by Crippen LogP contribution is -2.22. The minimum atomic E-state index is -0.679. The largest absolute Gasteiger partial charge is 0.457 e. The highest BCUT2D eigenvalue weighted by atomic mass is 16.5. The molecule has 2 aromatic heterocycles. The molecule has 0 bridgehead atoms. The number of aromatic nitrogens is 2. The van der Waals surface area contributed by atoms with Gasteiger partial charge in [0.15, 0.2) is 6.61 Å². The van der Waals surface area contributed by atoms with Gasteiger partial charge in [-0.3, -0.25) is 9.48 Å². The summed E-state index contributed by atoms with van der Waals surface area (Å²) in [5.74, 6) is -0.523. The number of esters is 1. The summed E-state index contributed by atoms with van der Waals surface area (Å²) in [6, 6.07) is 4.74. The van der Waals surface area contributed by atoms with E-state index in [2.05, 4.69) is 10.4 Å². The van der Waals surface area contributed by atoms with Crippen molar-refractivity contribution >= 4 is 17.7 Å². The van der Waals surface area contributed by atoms with E-state index in [0.29, 0.717) is 5.82 Å². The van der Waals surface area contributed by atoms with Gasteiger partial charge in [0.05, 0.1) is 12.0 Å². The molecule has 0 saturated carbocycles. The van der Waals surface area contributed by atoms with Gasteiger partial charge in [-0.25, -0.2) is 4.79 Å². The fraction of sp³-hybridized carbons (Fsp3) is 0.250. The number of furan rings is 1. The summed E-state index contributed by atoms with van der Waals surface area (Å²) in [6.07, 6.45) is 1.36. The van der Waals surface area contributed by atoms with Crippen molar-refractivity contribution < 1.29 is 18.7 Å². The van der Waals surface area contributed by atoms with Gasteiger partial charge in [0.25, 0.3) is 5.91 Å². The molecular formula is C12H13N3O4. The number of aryl methyl sites for hydroxylation is 2. The molecule has 100 valence electrons. The number of hydrogen-bond donors (Lipinski definition) is 1. The van der Waals surface area contributed by atoms with Crippen molar-refractivity contribution in [3.63, 3.8) is 0 Å². The maximum atomic E-state index is 11.6. The molecule has 0 aliphatic rings. The quantitative estimate of drug-likeness (QED) is 0.835. The Morgan fingerprint density at radius 2 is 2.32 bits per heavy atom. The van der Waals surface area contributed by atoms with E-state index in [0.717, 1.165) is 5.69 Å². The number of hydrogen-bond acceptors (Lipinski definition) is 5. The Morgan fingerprint density at radius 1 is 1.53 bits per heavy atom. The highest BCUT2D eigenvalue weighted by molar-refractivity contribution is 5.94. The maximum absolute atomic E-state index is 11.6. The molecule has 0 atom stereocenters. The van der Waals surface area contributed by atoms with Crippen molar-refractivity contribution in [3.05, 3.63) is 35.9 Å². The summed E-state index contributed by atoms with van der Waals surface area (Å²) < 4.78 is 11.2. The highest BCUT2D eigenvalue weighted by Crippen LogP contribution is 2.08. The standard InChI is InChI=1S/C12H13N3O4/c1-8-6-10(15(2)14-8)13-11(16)7-19-12(17)9-4-3-5-18-9/h3-6H,7H2,1-2H3,(H,13,16). The Kier molecular flexibility index (Phi) is 3.65. The van der Waals surface area contributed by atoms with Crippen molar-refractivity contribution in [1.82, 2.24) is 9.78 Å². The molecule has 0 saturated heterocycles. The number of amides is 1. The van der Waals surface area contributed by atoms with Gasteiger partial charge >= 0.3 is 5.97 Å². The van der Waals surface area contributed by atoms with Gasteiger partial charge in [0, 0.05) is 13.1 Å². The van der Waals surface area contributed by atoms with Crippen molar-refractivity contribution in [2.24, 2.45) is 7.05 Å². The third-order valence-corrected chi connectivity index (χ3v) is 2.33. The van der Waals surface area contributed by atoms with Gasteiger partial charge in [-0.1, -0.05) is 0 Å². The highest BCUT2D eigenvalue weighted by Gasteiger charge is 2.13. The summed E-state index contributed by atoms with van der Waals surface area (Å²) in [7, 11) is 1.71. The van der Waals surface area contributed by atoms with Gasteiger partial charge in [-0.15, -0.1) is 0 Å². The number of anilines is 1. The lowest BCUT2D eigenvalue weighted by Gasteiger charge is -2.05. The Morgan fingerprint density at radius 3 is 2.89 bits per heavy atom. The average Bonchev–Trinajstić information content (AvgIpc) is 2.97. The summed E-state index contributed by atoms with van der Waals surface area (Å²) in [5, 5.41) is 6.66. The van der Waals surface area contributed by atoms with Gasteiger partial charge in [0.2, 0.25) is 5.76 Å². The predicted octanol–water partition coefficient (Wildman–Crippen LogP) is 1.12. The number of rotatable bonds is 4. The summed E-state index contributed by atoms with van der Waals surface area (Å²) in [6.45, 7) is 1.43. The van der Waals surface area contributed by atoms with Gasteiger partial charge < -0.3 is 14.5 Å². The van der Waals surface area contributed by atoms with Gasteiger partial charge in [-0.2, -0.15) is 5.10 Å². The van der Waals surface area contributed by atoms with E-state index in [1.165, 1.54) is 17.0 Å². The molecule has 0 fully saturated rings. The molecule has 0 unspecified atom stereocenters. The average molecular weight is 263 g/mol. The van der Waals surface area contributed by atoms with Crippen LogP contribution in [0.5, 0.6) is 0 Å². The van der Waals surface area contributed by atoms with E-state index in [-0.39, 0.29) is 12.4 Å². The van der Waals surface area contributed by atoms with E-state index in [1.54, 1.807) is 19.2 Å². The van der Waals surface area contributed by atoms with Crippen molar-refractivity contribution in [3.8, 4) is 0 Å². The smallest absolute Gasteiger partial charge is 0.374 e. The molecule has 0 aromatic carbocycles. The van der Waals surface area contributed by atoms with Crippen molar-refractivity contribution in [1.29, 1.82) is 0 Å². The molecule has 7 heteroatoms. The Balaban J connectivity index is 1.85. The number of ether oxygens (including phenoxy) is 1. The molecule has 1 N–H and O–H groups in total. The molecule has 7 nitrogen and oxygen atoms in total. The number of nitrogens with one attached hydrogen (secondary N) is 1. The first-order valence-electron chi connectivity index (χ1n) is 5.57. The first kappa shape index (κ1) is 12.9. The van der Waals surface area contributed by atoms with Crippen LogP contribution in [-0.2, 0) is 16.6 Å². The Hall–Kier alpha value is -2.57. The minimum absolute atomic E-state index is 0.0594. The van der Waals surface area contributed by atoms with Crippen LogP contribution in [0.3, 0.4) is 0 Å². The fourth-order valence-corrected chi connectivity index (χ4v) is 1.50. The minimum Gasteiger partial charge on any atom is -0.457 e.